The first kappa shape index (κ1) is 25.8. The molecule has 0 aromatic heterocycles. The van der Waals surface area contributed by atoms with Crippen molar-refractivity contribution >= 4 is 29.9 Å². The quantitative estimate of drug-likeness (QED) is 0.203. The molecular formula is C20H37IN4O2. The maximum atomic E-state index is 5.71. The lowest BCUT2D eigenvalue weighted by atomic mass is 10.2. The summed E-state index contributed by atoms with van der Waals surface area (Å²) in [5, 5.41) is 6.73. The van der Waals surface area contributed by atoms with Crippen LogP contribution in [0.4, 0.5) is 0 Å². The number of ether oxygens (including phenoxy) is 2. The molecule has 156 valence electrons. The van der Waals surface area contributed by atoms with Crippen LogP contribution >= 0.6 is 24.0 Å². The number of rotatable bonds is 12. The highest BCUT2D eigenvalue weighted by atomic mass is 127. The highest BCUT2D eigenvalue weighted by molar-refractivity contribution is 14.0. The molecule has 0 spiro atoms. The van der Waals surface area contributed by atoms with Gasteiger partial charge in [-0.25, -0.2) is 0 Å². The fourth-order valence-corrected chi connectivity index (χ4v) is 2.67. The Morgan fingerprint density at radius 2 is 1.78 bits per heavy atom. The Morgan fingerprint density at radius 3 is 2.33 bits per heavy atom. The van der Waals surface area contributed by atoms with Gasteiger partial charge >= 0.3 is 0 Å². The zero-order valence-electron chi connectivity index (χ0n) is 17.5. The summed E-state index contributed by atoms with van der Waals surface area (Å²) in [6, 6.07) is 7.99. The molecule has 1 rings (SSSR count). The van der Waals surface area contributed by atoms with Gasteiger partial charge in [-0.05, 0) is 63.7 Å². The second-order valence-corrected chi connectivity index (χ2v) is 6.24. The molecule has 1 unspecified atom stereocenters. The summed E-state index contributed by atoms with van der Waals surface area (Å²) in [5.74, 6) is 2.48. The molecule has 0 radical (unpaired) electrons. The molecule has 6 nitrogen and oxygen atoms in total. The fourth-order valence-electron chi connectivity index (χ4n) is 2.67. The lowest BCUT2D eigenvalue weighted by molar-refractivity contribution is 0.292. The van der Waals surface area contributed by atoms with E-state index in [0.717, 1.165) is 43.5 Å². The van der Waals surface area contributed by atoms with Gasteiger partial charge in [-0.3, -0.25) is 4.99 Å². The van der Waals surface area contributed by atoms with Gasteiger partial charge in [0, 0.05) is 13.1 Å². The second kappa shape index (κ2) is 15.8. The molecule has 1 atom stereocenters. The van der Waals surface area contributed by atoms with Crippen molar-refractivity contribution in [1.29, 1.82) is 0 Å². The number of benzene rings is 1. The molecule has 0 bridgehead atoms. The summed E-state index contributed by atoms with van der Waals surface area (Å²) in [7, 11) is 3.45. The SMILES string of the molecule is CCN(CC)CCCC(C)NC(=NC)NCCOc1ccc(OC)cc1.I. The van der Waals surface area contributed by atoms with Gasteiger partial charge in [0.2, 0.25) is 0 Å². The molecule has 1 aromatic rings. The first-order valence-electron chi connectivity index (χ1n) is 9.59. The van der Waals surface area contributed by atoms with Crippen LogP contribution in [0.5, 0.6) is 11.5 Å². The number of guanidine groups is 1. The Morgan fingerprint density at radius 1 is 1.15 bits per heavy atom. The monoisotopic (exact) mass is 492 g/mol. The van der Waals surface area contributed by atoms with Crippen LogP contribution in [0.2, 0.25) is 0 Å². The van der Waals surface area contributed by atoms with E-state index in [4.69, 9.17) is 9.47 Å². The molecular weight excluding hydrogens is 455 g/mol. The van der Waals surface area contributed by atoms with Gasteiger partial charge in [-0.1, -0.05) is 13.8 Å². The van der Waals surface area contributed by atoms with E-state index in [-0.39, 0.29) is 24.0 Å². The Hall–Kier alpha value is -1.22. The molecule has 7 heteroatoms. The predicted molar refractivity (Wildman–Crippen MR) is 125 cm³/mol. The maximum Gasteiger partial charge on any atom is 0.191 e. The number of nitrogens with zero attached hydrogens (tertiary/aromatic N) is 2. The van der Waals surface area contributed by atoms with Crippen LogP contribution in [0.1, 0.15) is 33.6 Å². The maximum absolute atomic E-state index is 5.71. The third-order valence-corrected chi connectivity index (χ3v) is 4.34. The van der Waals surface area contributed by atoms with Crippen LogP contribution in [0, 0.1) is 0 Å². The van der Waals surface area contributed by atoms with Gasteiger partial charge in [-0.15, -0.1) is 24.0 Å². The van der Waals surface area contributed by atoms with E-state index in [0.29, 0.717) is 19.2 Å². The average Bonchev–Trinajstić information content (AvgIpc) is 2.68. The van der Waals surface area contributed by atoms with Crippen molar-refractivity contribution < 1.29 is 9.47 Å². The molecule has 0 aliphatic heterocycles. The second-order valence-electron chi connectivity index (χ2n) is 6.24. The van der Waals surface area contributed by atoms with Gasteiger partial charge in [-0.2, -0.15) is 0 Å². The minimum atomic E-state index is 0. The summed E-state index contributed by atoms with van der Waals surface area (Å²) in [5.41, 5.74) is 0. The van der Waals surface area contributed by atoms with Crippen LogP contribution in [0.15, 0.2) is 29.3 Å². The topological polar surface area (TPSA) is 58.1 Å². The molecule has 2 N–H and O–H groups in total. The van der Waals surface area contributed by atoms with Gasteiger partial charge in [0.05, 0.1) is 13.7 Å². The highest BCUT2D eigenvalue weighted by Gasteiger charge is 2.06. The Bertz CT molecular complexity index is 507. The number of nitrogens with one attached hydrogen (secondary N) is 2. The Kier molecular flexibility index (Phi) is 15.1. The standard InChI is InChI=1S/C20H36N4O2.HI/c1-6-24(7-2)15-8-9-17(3)23-20(21-4)22-14-16-26-19-12-10-18(25-5)11-13-19;/h10-13,17H,6-9,14-16H2,1-5H3,(H2,21,22,23);1H. The molecule has 0 saturated heterocycles. The van der Waals surface area contributed by atoms with Crippen molar-refractivity contribution in [2.24, 2.45) is 4.99 Å². The Balaban J connectivity index is 0.00000676. The van der Waals surface area contributed by atoms with Crippen LogP contribution in [-0.2, 0) is 0 Å². The van der Waals surface area contributed by atoms with Crippen molar-refractivity contribution in [2.45, 2.75) is 39.7 Å². The van der Waals surface area contributed by atoms with E-state index in [1.54, 1.807) is 14.2 Å². The molecule has 0 saturated carbocycles. The largest absolute Gasteiger partial charge is 0.497 e. The van der Waals surface area contributed by atoms with Gasteiger partial charge in [0.15, 0.2) is 5.96 Å². The van der Waals surface area contributed by atoms with E-state index < -0.39 is 0 Å². The first-order chi connectivity index (χ1) is 12.6. The van der Waals surface area contributed by atoms with Crippen molar-refractivity contribution in [1.82, 2.24) is 15.5 Å². The average molecular weight is 492 g/mol. The van der Waals surface area contributed by atoms with Crippen LogP contribution < -0.4 is 20.1 Å². The van der Waals surface area contributed by atoms with Crippen LogP contribution in [-0.4, -0.2) is 63.8 Å². The number of aliphatic imine (C=N–C) groups is 1. The van der Waals surface area contributed by atoms with Gasteiger partial charge < -0.3 is 25.0 Å². The lowest BCUT2D eigenvalue weighted by Crippen LogP contribution is -2.43. The van der Waals surface area contributed by atoms with Crippen molar-refractivity contribution in [3.05, 3.63) is 24.3 Å². The van der Waals surface area contributed by atoms with Crippen LogP contribution in [0.25, 0.3) is 0 Å². The summed E-state index contributed by atoms with van der Waals surface area (Å²) in [4.78, 5) is 6.74. The predicted octanol–water partition coefficient (Wildman–Crippen LogP) is 3.37. The number of hydrogen-bond acceptors (Lipinski definition) is 4. The van der Waals surface area contributed by atoms with Crippen molar-refractivity contribution in [3.63, 3.8) is 0 Å². The minimum absolute atomic E-state index is 0. The van der Waals surface area contributed by atoms with Gasteiger partial charge in [0.1, 0.15) is 18.1 Å². The van der Waals surface area contributed by atoms with Crippen molar-refractivity contribution in [3.8, 4) is 11.5 Å². The number of hydrogen-bond donors (Lipinski definition) is 2. The fraction of sp³-hybridized carbons (Fsp3) is 0.650. The minimum Gasteiger partial charge on any atom is -0.497 e. The van der Waals surface area contributed by atoms with E-state index >= 15 is 0 Å². The normalized spacial score (nSPS) is 12.3. The summed E-state index contributed by atoms with van der Waals surface area (Å²) in [6.45, 7) is 11.3. The molecule has 0 aliphatic rings. The zero-order valence-corrected chi connectivity index (χ0v) is 19.8. The molecule has 0 amide bonds. The van der Waals surface area contributed by atoms with E-state index in [9.17, 15) is 0 Å². The van der Waals surface area contributed by atoms with E-state index in [2.05, 4.69) is 41.3 Å². The van der Waals surface area contributed by atoms with E-state index in [1.807, 2.05) is 24.3 Å². The first-order valence-corrected chi connectivity index (χ1v) is 9.59. The summed E-state index contributed by atoms with van der Waals surface area (Å²) in [6.07, 6.45) is 2.31. The van der Waals surface area contributed by atoms with E-state index in [1.165, 1.54) is 6.42 Å². The lowest BCUT2D eigenvalue weighted by Gasteiger charge is -2.21. The van der Waals surface area contributed by atoms with Gasteiger partial charge in [0.25, 0.3) is 0 Å². The Labute approximate surface area is 182 Å². The molecule has 0 aliphatic carbocycles. The molecule has 0 fully saturated rings. The van der Waals surface area contributed by atoms with Crippen LogP contribution in [0.3, 0.4) is 0 Å². The van der Waals surface area contributed by atoms with Crippen molar-refractivity contribution in [2.75, 3.05) is 46.9 Å². The summed E-state index contributed by atoms with van der Waals surface area (Å²) >= 11 is 0. The zero-order chi connectivity index (χ0) is 19.2. The smallest absolute Gasteiger partial charge is 0.191 e. The highest BCUT2D eigenvalue weighted by Crippen LogP contribution is 2.16. The number of halogens is 1. The number of methoxy groups -OCH3 is 1. The molecule has 1 aromatic carbocycles. The third-order valence-electron chi connectivity index (χ3n) is 4.34. The molecule has 27 heavy (non-hydrogen) atoms. The third kappa shape index (κ3) is 11.3. The molecule has 0 heterocycles. The summed E-state index contributed by atoms with van der Waals surface area (Å²) < 4.78 is 10.9.